The van der Waals surface area contributed by atoms with Crippen LogP contribution in [0.2, 0.25) is 0 Å². The Balaban J connectivity index is 1.57. The summed E-state index contributed by atoms with van der Waals surface area (Å²) >= 11 is 0. The lowest BCUT2D eigenvalue weighted by molar-refractivity contribution is -0.207. The second kappa shape index (κ2) is 8.96. The molecule has 0 aromatic heterocycles. The van der Waals surface area contributed by atoms with Crippen molar-refractivity contribution in [2.45, 2.75) is 126 Å². The summed E-state index contributed by atoms with van der Waals surface area (Å²) in [6.07, 6.45) is 12.8. The average molecular weight is 525 g/mol. The van der Waals surface area contributed by atoms with E-state index in [4.69, 9.17) is 9.47 Å². The van der Waals surface area contributed by atoms with Gasteiger partial charge in [-0.2, -0.15) is 0 Å². The number of carbonyl (C=O) groups is 2. The van der Waals surface area contributed by atoms with Crippen LogP contribution < -0.4 is 0 Å². The molecule has 0 aromatic rings. The molecule has 4 nitrogen and oxygen atoms in total. The van der Waals surface area contributed by atoms with E-state index in [1.807, 2.05) is 0 Å². The number of allylic oxidation sites excluding steroid dienone is 3. The largest absolute Gasteiger partial charge is 0.465 e. The Bertz CT molecular complexity index is 1080. The van der Waals surface area contributed by atoms with Crippen LogP contribution in [0, 0.1) is 44.8 Å². The first-order chi connectivity index (χ1) is 17.6. The van der Waals surface area contributed by atoms with Crippen molar-refractivity contribution in [3.8, 4) is 0 Å². The molecule has 0 aromatic carbocycles. The van der Waals surface area contributed by atoms with E-state index in [9.17, 15) is 9.59 Å². The zero-order valence-corrected chi connectivity index (χ0v) is 25.6. The Labute approximate surface area is 231 Å². The van der Waals surface area contributed by atoms with Gasteiger partial charge >= 0.3 is 11.9 Å². The maximum absolute atomic E-state index is 11.9. The lowest BCUT2D eigenvalue weighted by Gasteiger charge is -2.70. The zero-order valence-electron chi connectivity index (χ0n) is 25.6. The first-order valence-electron chi connectivity index (χ1n) is 15.4. The molecule has 7 atom stereocenters. The predicted molar refractivity (Wildman–Crippen MR) is 151 cm³/mol. The van der Waals surface area contributed by atoms with Gasteiger partial charge < -0.3 is 9.47 Å². The normalized spacial score (nSPS) is 43.4. The topological polar surface area (TPSA) is 52.6 Å². The zero-order chi connectivity index (χ0) is 27.9. The van der Waals surface area contributed by atoms with Crippen LogP contribution in [0.4, 0.5) is 0 Å². The number of hydrogen-bond acceptors (Lipinski definition) is 4. The molecule has 0 saturated heterocycles. The molecule has 3 fully saturated rings. The third-order valence-corrected chi connectivity index (χ3v) is 13.1. The molecule has 3 saturated carbocycles. The minimum atomic E-state index is -0.159. The summed E-state index contributed by atoms with van der Waals surface area (Å²) in [6.45, 7) is 20.9. The van der Waals surface area contributed by atoms with Crippen LogP contribution in [-0.2, 0) is 19.1 Å². The lowest BCUT2D eigenvalue weighted by Crippen LogP contribution is -2.64. The van der Waals surface area contributed by atoms with Crippen LogP contribution in [0.25, 0.3) is 0 Å². The van der Waals surface area contributed by atoms with Crippen molar-refractivity contribution in [2.24, 2.45) is 44.8 Å². The average Bonchev–Trinajstić information content (AvgIpc) is 3.20. The summed E-state index contributed by atoms with van der Waals surface area (Å²) in [7, 11) is 0. The monoisotopic (exact) mass is 524 g/mol. The Kier molecular flexibility index (Phi) is 6.60. The summed E-state index contributed by atoms with van der Waals surface area (Å²) in [5.41, 5.74) is 5.34. The molecule has 38 heavy (non-hydrogen) atoms. The molecule has 4 heteroatoms. The second-order valence-corrected chi connectivity index (χ2v) is 15.3. The Hall–Kier alpha value is -1.58. The van der Waals surface area contributed by atoms with Crippen molar-refractivity contribution < 1.29 is 19.1 Å². The molecule has 0 N–H and O–H groups in total. The second-order valence-electron chi connectivity index (χ2n) is 15.3. The van der Waals surface area contributed by atoms with Crippen molar-refractivity contribution in [3.05, 3.63) is 22.8 Å². The van der Waals surface area contributed by atoms with Gasteiger partial charge in [-0.1, -0.05) is 60.1 Å². The van der Waals surface area contributed by atoms with Crippen LogP contribution in [0.1, 0.15) is 120 Å². The van der Waals surface area contributed by atoms with Gasteiger partial charge in [-0.3, -0.25) is 9.59 Å². The van der Waals surface area contributed by atoms with Gasteiger partial charge in [0.05, 0.1) is 0 Å². The minimum Gasteiger partial charge on any atom is -0.465 e. The fourth-order valence-corrected chi connectivity index (χ4v) is 10.9. The third kappa shape index (κ3) is 3.74. The van der Waals surface area contributed by atoms with Gasteiger partial charge in [0.15, 0.2) is 0 Å². The Morgan fingerprint density at radius 1 is 0.921 bits per heavy atom. The number of fused-ring (bicyclic) bond motifs is 7. The van der Waals surface area contributed by atoms with E-state index in [-0.39, 0.29) is 45.1 Å². The molecular formula is C34H52O4. The molecule has 2 unspecified atom stereocenters. The molecule has 0 bridgehead atoms. The first kappa shape index (κ1) is 28.0. The van der Waals surface area contributed by atoms with Crippen LogP contribution in [0.3, 0.4) is 0 Å². The summed E-state index contributed by atoms with van der Waals surface area (Å²) in [5, 5.41) is 0. The fraction of sp³-hybridized carbons (Fsp3) is 0.824. The van der Waals surface area contributed by atoms with E-state index in [1.165, 1.54) is 19.3 Å². The highest BCUT2D eigenvalue weighted by molar-refractivity contribution is 5.66. The van der Waals surface area contributed by atoms with E-state index in [2.05, 4.69) is 54.5 Å². The highest BCUT2D eigenvalue weighted by Crippen LogP contribution is 2.75. The van der Waals surface area contributed by atoms with E-state index >= 15 is 0 Å². The molecule has 0 heterocycles. The predicted octanol–water partition coefficient (Wildman–Crippen LogP) is 8.20. The van der Waals surface area contributed by atoms with E-state index in [0.717, 1.165) is 38.5 Å². The smallest absolute Gasteiger partial charge is 0.302 e. The van der Waals surface area contributed by atoms with Gasteiger partial charge in [0.2, 0.25) is 0 Å². The number of esters is 2. The molecule has 5 rings (SSSR count). The SMILES string of the molecule is CC(=O)OC[C@]12CCC(C(C)C)=C1C1=CCC3[C@@]4(C)CC[C@H](OC(C)=O)C(C)(C)C4CC[C@@]3(C)[C@]1(C)CC2. The maximum Gasteiger partial charge on any atom is 0.302 e. The van der Waals surface area contributed by atoms with Crippen molar-refractivity contribution >= 4 is 11.9 Å². The van der Waals surface area contributed by atoms with Crippen molar-refractivity contribution in [2.75, 3.05) is 6.61 Å². The maximum atomic E-state index is 11.9. The first-order valence-corrected chi connectivity index (χ1v) is 15.4. The number of rotatable bonds is 4. The van der Waals surface area contributed by atoms with Crippen molar-refractivity contribution in [1.82, 2.24) is 0 Å². The van der Waals surface area contributed by atoms with Crippen LogP contribution >= 0.6 is 0 Å². The molecule has 0 amide bonds. The molecule has 212 valence electrons. The lowest BCUT2D eigenvalue weighted by atomic mass is 9.35. The van der Waals surface area contributed by atoms with Gasteiger partial charge in [-0.25, -0.2) is 0 Å². The van der Waals surface area contributed by atoms with Gasteiger partial charge in [-0.05, 0) is 103 Å². The molecule has 0 aliphatic heterocycles. The summed E-state index contributed by atoms with van der Waals surface area (Å²) in [5.74, 6) is 1.38. The number of ether oxygens (including phenoxy) is 2. The highest BCUT2D eigenvalue weighted by atomic mass is 16.5. The molecular weight excluding hydrogens is 472 g/mol. The number of carbonyl (C=O) groups excluding carboxylic acids is 2. The summed E-state index contributed by atoms with van der Waals surface area (Å²) < 4.78 is 11.7. The van der Waals surface area contributed by atoms with E-state index in [1.54, 1.807) is 30.6 Å². The summed E-state index contributed by atoms with van der Waals surface area (Å²) in [4.78, 5) is 23.8. The summed E-state index contributed by atoms with van der Waals surface area (Å²) in [6, 6.07) is 0. The highest BCUT2D eigenvalue weighted by Gasteiger charge is 2.68. The van der Waals surface area contributed by atoms with Gasteiger partial charge in [0.25, 0.3) is 0 Å². The van der Waals surface area contributed by atoms with Crippen LogP contribution in [-0.4, -0.2) is 24.6 Å². The molecule has 5 aliphatic rings. The Morgan fingerprint density at radius 3 is 2.26 bits per heavy atom. The quantitative estimate of drug-likeness (QED) is 0.348. The molecule has 0 spiro atoms. The number of hydrogen-bond donors (Lipinski definition) is 0. The fourth-order valence-electron chi connectivity index (χ4n) is 10.9. The molecule has 5 aliphatic carbocycles. The van der Waals surface area contributed by atoms with Crippen LogP contribution in [0.5, 0.6) is 0 Å². The van der Waals surface area contributed by atoms with Gasteiger partial charge in [-0.15, -0.1) is 0 Å². The van der Waals surface area contributed by atoms with Crippen molar-refractivity contribution in [3.63, 3.8) is 0 Å². The van der Waals surface area contributed by atoms with Crippen molar-refractivity contribution in [1.29, 1.82) is 0 Å². The minimum absolute atomic E-state index is 0.00893. The Morgan fingerprint density at radius 2 is 1.63 bits per heavy atom. The van der Waals surface area contributed by atoms with Gasteiger partial charge in [0, 0.05) is 24.7 Å². The van der Waals surface area contributed by atoms with E-state index < -0.39 is 0 Å². The van der Waals surface area contributed by atoms with Crippen LogP contribution in [0.15, 0.2) is 22.8 Å². The standard InChI is InChI=1S/C34H52O4/c1-21(2)24-12-17-34(20-37-22(3)35)19-18-32(8)25(29(24)34)10-11-27-31(7)15-14-28(38-23(4)36)30(5,6)26(31)13-16-33(27,32)9/h10,21,26-28H,11-20H2,1-9H3/t26?,27?,28-,31-,32+,33+,34+/m0/s1. The molecule has 0 radical (unpaired) electrons. The van der Waals surface area contributed by atoms with Gasteiger partial charge in [0.1, 0.15) is 12.7 Å². The third-order valence-electron chi connectivity index (χ3n) is 13.1. The van der Waals surface area contributed by atoms with E-state index in [0.29, 0.717) is 24.4 Å².